The molecular formula is C12H14FNO2S. The molecule has 0 amide bonds. The molecule has 2 heterocycles. The van der Waals surface area contributed by atoms with Gasteiger partial charge in [0.15, 0.2) is 0 Å². The fourth-order valence-corrected chi connectivity index (χ4v) is 2.70. The number of halogens is 1. The quantitative estimate of drug-likeness (QED) is 0.761. The predicted molar refractivity (Wildman–Crippen MR) is 64.5 cm³/mol. The zero-order chi connectivity index (χ0) is 12.3. The van der Waals surface area contributed by atoms with Crippen LogP contribution in [0.25, 0.3) is 0 Å². The van der Waals surface area contributed by atoms with Crippen molar-refractivity contribution >= 4 is 11.3 Å². The van der Waals surface area contributed by atoms with Crippen molar-refractivity contribution in [3.63, 3.8) is 0 Å². The van der Waals surface area contributed by atoms with Crippen LogP contribution in [0.2, 0.25) is 0 Å². The van der Waals surface area contributed by atoms with Gasteiger partial charge in [0.2, 0.25) is 0 Å². The molecule has 1 aliphatic rings. The van der Waals surface area contributed by atoms with Gasteiger partial charge >= 0.3 is 0 Å². The molecule has 1 aromatic heterocycles. The minimum atomic E-state index is -1.14. The molecule has 0 bridgehead atoms. The van der Waals surface area contributed by atoms with Crippen molar-refractivity contribution in [2.45, 2.75) is 18.8 Å². The minimum absolute atomic E-state index is 0.146. The molecule has 0 saturated carbocycles. The van der Waals surface area contributed by atoms with Crippen molar-refractivity contribution in [1.82, 2.24) is 4.90 Å². The van der Waals surface area contributed by atoms with Gasteiger partial charge in [-0.2, -0.15) is 0 Å². The van der Waals surface area contributed by atoms with Crippen molar-refractivity contribution in [2.24, 2.45) is 0 Å². The van der Waals surface area contributed by atoms with Crippen molar-refractivity contribution in [3.8, 4) is 11.8 Å². The molecule has 1 aromatic rings. The van der Waals surface area contributed by atoms with Gasteiger partial charge in [0.25, 0.3) is 0 Å². The summed E-state index contributed by atoms with van der Waals surface area (Å²) in [5.41, 5.74) is 0.871. The highest BCUT2D eigenvalue weighted by atomic mass is 32.1. The average molecular weight is 255 g/mol. The maximum absolute atomic E-state index is 13.1. The third-order valence-electron chi connectivity index (χ3n) is 2.64. The summed E-state index contributed by atoms with van der Waals surface area (Å²) in [6.45, 7) is 1.17. The number of aliphatic hydroxyl groups is 2. The Morgan fingerprint density at radius 2 is 2.35 bits per heavy atom. The molecule has 1 fully saturated rings. The summed E-state index contributed by atoms with van der Waals surface area (Å²) in [6, 6.07) is 1.94. The van der Waals surface area contributed by atoms with E-state index in [1.54, 1.807) is 11.3 Å². The van der Waals surface area contributed by atoms with E-state index in [0.717, 1.165) is 10.4 Å². The van der Waals surface area contributed by atoms with E-state index in [2.05, 4.69) is 11.8 Å². The SMILES string of the molecule is OCC#Cc1csc(CN2C[C@@H](O)[C@H](F)C2)c1. The van der Waals surface area contributed by atoms with Crippen molar-refractivity contribution in [3.05, 3.63) is 21.9 Å². The molecule has 0 aromatic carbocycles. The average Bonchev–Trinajstić information content (AvgIpc) is 2.85. The number of alkyl halides is 1. The third kappa shape index (κ3) is 3.27. The van der Waals surface area contributed by atoms with Crippen LogP contribution in [-0.4, -0.2) is 47.1 Å². The molecule has 3 nitrogen and oxygen atoms in total. The van der Waals surface area contributed by atoms with E-state index >= 15 is 0 Å². The van der Waals surface area contributed by atoms with Crippen LogP contribution < -0.4 is 0 Å². The van der Waals surface area contributed by atoms with Gasteiger partial charge in [-0.25, -0.2) is 4.39 Å². The first kappa shape index (κ1) is 12.5. The van der Waals surface area contributed by atoms with E-state index in [9.17, 15) is 9.50 Å². The lowest BCUT2D eigenvalue weighted by molar-refractivity contribution is 0.115. The summed E-state index contributed by atoms with van der Waals surface area (Å²) in [4.78, 5) is 2.98. The Labute approximate surface area is 103 Å². The summed E-state index contributed by atoms with van der Waals surface area (Å²) in [7, 11) is 0. The Morgan fingerprint density at radius 1 is 1.53 bits per heavy atom. The van der Waals surface area contributed by atoms with Crippen LogP contribution in [0.3, 0.4) is 0 Å². The van der Waals surface area contributed by atoms with E-state index in [-0.39, 0.29) is 13.2 Å². The summed E-state index contributed by atoms with van der Waals surface area (Å²) in [6.07, 6.45) is -1.99. The fraction of sp³-hybridized carbons (Fsp3) is 0.500. The van der Waals surface area contributed by atoms with E-state index in [0.29, 0.717) is 13.1 Å². The number of hydrogen-bond donors (Lipinski definition) is 2. The molecule has 92 valence electrons. The highest BCUT2D eigenvalue weighted by Crippen LogP contribution is 2.20. The molecular weight excluding hydrogens is 241 g/mol. The normalized spacial score (nSPS) is 24.6. The second kappa shape index (κ2) is 5.61. The van der Waals surface area contributed by atoms with Gasteiger partial charge in [0, 0.05) is 35.5 Å². The summed E-state index contributed by atoms with van der Waals surface area (Å²) in [5, 5.41) is 19.8. The van der Waals surface area contributed by atoms with Crippen LogP contribution in [-0.2, 0) is 6.54 Å². The molecule has 0 aliphatic carbocycles. The maximum atomic E-state index is 13.1. The lowest BCUT2D eigenvalue weighted by Crippen LogP contribution is -2.20. The highest BCUT2D eigenvalue weighted by molar-refractivity contribution is 7.10. The molecule has 0 spiro atoms. The van der Waals surface area contributed by atoms with Crippen molar-refractivity contribution < 1.29 is 14.6 Å². The first-order valence-corrected chi connectivity index (χ1v) is 6.28. The van der Waals surface area contributed by atoms with Crippen LogP contribution in [0.15, 0.2) is 11.4 Å². The van der Waals surface area contributed by atoms with Gasteiger partial charge in [-0.1, -0.05) is 11.8 Å². The summed E-state index contributed by atoms with van der Waals surface area (Å²) >= 11 is 1.56. The van der Waals surface area contributed by atoms with Gasteiger partial charge in [-0.05, 0) is 6.07 Å². The first-order chi connectivity index (χ1) is 8.19. The van der Waals surface area contributed by atoms with E-state index in [4.69, 9.17) is 5.11 Å². The standard InChI is InChI=1S/C12H14FNO2S/c13-11-6-14(7-12(11)16)5-10-4-9(8-17-10)2-1-3-15/h4,8,11-12,15-16H,3,5-7H2/t11-,12-/m1/s1. The number of likely N-dealkylation sites (tertiary alicyclic amines) is 1. The largest absolute Gasteiger partial charge is 0.389 e. The molecule has 2 N–H and O–H groups in total. The molecule has 2 rings (SSSR count). The summed E-state index contributed by atoms with van der Waals surface area (Å²) in [5.74, 6) is 5.41. The zero-order valence-corrected chi connectivity index (χ0v) is 10.1. The molecule has 1 saturated heterocycles. The van der Waals surface area contributed by atoms with E-state index in [1.807, 2.05) is 16.3 Å². The van der Waals surface area contributed by atoms with Crippen LogP contribution in [0, 0.1) is 11.8 Å². The Balaban J connectivity index is 1.93. The highest BCUT2D eigenvalue weighted by Gasteiger charge is 2.30. The second-order valence-corrected chi connectivity index (χ2v) is 5.03. The topological polar surface area (TPSA) is 43.7 Å². The number of aliphatic hydroxyl groups excluding tert-OH is 2. The molecule has 0 radical (unpaired) electrons. The van der Waals surface area contributed by atoms with Crippen LogP contribution in [0.4, 0.5) is 4.39 Å². The van der Waals surface area contributed by atoms with Crippen molar-refractivity contribution in [1.29, 1.82) is 0 Å². The van der Waals surface area contributed by atoms with E-state index < -0.39 is 12.3 Å². The number of thiophene rings is 1. The molecule has 17 heavy (non-hydrogen) atoms. The first-order valence-electron chi connectivity index (χ1n) is 5.40. The second-order valence-electron chi connectivity index (χ2n) is 4.04. The fourth-order valence-electron chi connectivity index (χ4n) is 1.84. The molecule has 1 aliphatic heterocycles. The number of β-amino-alcohol motifs (C(OH)–C–C–N with tert-alkyl or cyclic N) is 1. The van der Waals surface area contributed by atoms with Gasteiger partial charge in [0.1, 0.15) is 12.8 Å². The van der Waals surface area contributed by atoms with E-state index in [1.165, 1.54) is 0 Å². The Hall–Kier alpha value is -0.930. The lowest BCUT2D eigenvalue weighted by atomic mass is 10.3. The zero-order valence-electron chi connectivity index (χ0n) is 9.27. The summed E-state index contributed by atoms with van der Waals surface area (Å²) < 4.78 is 13.1. The molecule has 5 heteroatoms. The maximum Gasteiger partial charge on any atom is 0.140 e. The van der Waals surface area contributed by atoms with Crippen molar-refractivity contribution in [2.75, 3.05) is 19.7 Å². The predicted octanol–water partition coefficient (Wildman–Crippen LogP) is 0.607. The number of nitrogens with zero attached hydrogens (tertiary/aromatic N) is 1. The number of hydrogen-bond acceptors (Lipinski definition) is 4. The minimum Gasteiger partial charge on any atom is -0.389 e. The van der Waals surface area contributed by atoms with Crippen LogP contribution in [0.1, 0.15) is 10.4 Å². The Bertz CT molecular complexity index is 427. The monoisotopic (exact) mass is 255 g/mol. The van der Waals surface area contributed by atoms with Gasteiger partial charge < -0.3 is 10.2 Å². The third-order valence-corrected chi connectivity index (χ3v) is 3.56. The molecule has 2 atom stereocenters. The van der Waals surface area contributed by atoms with Crippen LogP contribution >= 0.6 is 11.3 Å². The van der Waals surface area contributed by atoms with Gasteiger partial charge in [0.05, 0.1) is 6.10 Å². The Morgan fingerprint density at radius 3 is 3.00 bits per heavy atom. The van der Waals surface area contributed by atoms with Crippen LogP contribution in [0.5, 0.6) is 0 Å². The van der Waals surface area contributed by atoms with Gasteiger partial charge in [-0.15, -0.1) is 11.3 Å². The Kier molecular flexibility index (Phi) is 4.13. The lowest BCUT2D eigenvalue weighted by Gasteiger charge is -2.12. The van der Waals surface area contributed by atoms with Gasteiger partial charge in [-0.3, -0.25) is 4.90 Å². The smallest absolute Gasteiger partial charge is 0.140 e. The molecule has 0 unspecified atom stereocenters. The number of rotatable bonds is 2.